The number of amides is 1. The van der Waals surface area contributed by atoms with Gasteiger partial charge in [-0.2, -0.15) is 0 Å². The van der Waals surface area contributed by atoms with E-state index in [2.05, 4.69) is 25.3 Å². The van der Waals surface area contributed by atoms with Gasteiger partial charge in [0.05, 0.1) is 28.6 Å². The third kappa shape index (κ3) is 6.10. The summed E-state index contributed by atoms with van der Waals surface area (Å²) >= 11 is 6.07. The van der Waals surface area contributed by atoms with Crippen LogP contribution in [0.3, 0.4) is 0 Å². The number of carbonyl (C=O) groups is 1. The van der Waals surface area contributed by atoms with Crippen molar-refractivity contribution < 1.29 is 22.3 Å². The van der Waals surface area contributed by atoms with Crippen molar-refractivity contribution in [3.8, 4) is 0 Å². The van der Waals surface area contributed by atoms with Crippen molar-refractivity contribution in [2.45, 2.75) is 43.4 Å². The summed E-state index contributed by atoms with van der Waals surface area (Å²) in [6.45, 7) is 0.444. The highest BCUT2D eigenvalue weighted by atomic mass is 35.5. The van der Waals surface area contributed by atoms with E-state index in [1.165, 1.54) is 12.1 Å². The Morgan fingerprint density at radius 3 is 2.65 bits per heavy atom. The molecule has 4 atom stereocenters. The van der Waals surface area contributed by atoms with Crippen LogP contribution in [0.15, 0.2) is 72.4 Å². The third-order valence-corrected chi connectivity index (χ3v) is 9.32. The van der Waals surface area contributed by atoms with Crippen LogP contribution in [-0.2, 0) is 25.1 Å². The lowest BCUT2D eigenvalue weighted by Crippen LogP contribution is -2.46. The zero-order chi connectivity index (χ0) is 30.4. The first-order valence-electron chi connectivity index (χ1n) is 14.0. The zero-order valence-corrected chi connectivity index (χ0v) is 25.3. The van der Waals surface area contributed by atoms with Crippen LogP contribution in [0.4, 0.5) is 15.9 Å². The largest absolute Gasteiger partial charge is 0.380 e. The lowest BCUT2D eigenvalue weighted by atomic mass is 9.79. The van der Waals surface area contributed by atoms with Gasteiger partial charge in [-0.05, 0) is 78.3 Å². The number of rotatable bonds is 6. The number of carbonyl (C=O) groups excluding carboxylic acids is 1. The van der Waals surface area contributed by atoms with Crippen LogP contribution in [0.5, 0.6) is 0 Å². The Hall–Kier alpha value is -3.58. The number of sulfonamides is 1. The fraction of sp³-hybridized carbons (Fsp3) is 0.367. The van der Waals surface area contributed by atoms with E-state index in [0.29, 0.717) is 47.8 Å². The minimum absolute atomic E-state index is 0.0389. The number of halogens is 2. The lowest BCUT2D eigenvalue weighted by Gasteiger charge is -2.36. The van der Waals surface area contributed by atoms with Crippen molar-refractivity contribution in [2.24, 2.45) is 5.92 Å². The molecule has 2 fully saturated rings. The Kier molecular flexibility index (Phi) is 7.88. The minimum atomic E-state index is -3.75. The molecule has 1 aromatic carbocycles. The first kappa shape index (κ1) is 29.5. The molecule has 43 heavy (non-hydrogen) atoms. The van der Waals surface area contributed by atoms with Crippen molar-refractivity contribution in [1.29, 1.82) is 0 Å². The molecule has 2 aliphatic heterocycles. The average molecular weight is 627 g/mol. The number of nitrogens with one attached hydrogen (secondary N) is 3. The summed E-state index contributed by atoms with van der Waals surface area (Å²) in [6, 6.07) is 10.7. The second-order valence-electron chi connectivity index (χ2n) is 11.3. The van der Waals surface area contributed by atoms with E-state index < -0.39 is 33.3 Å². The van der Waals surface area contributed by atoms with Crippen molar-refractivity contribution in [3.63, 3.8) is 0 Å². The molecule has 0 radical (unpaired) electrons. The fourth-order valence-electron chi connectivity index (χ4n) is 6.21. The maximum atomic E-state index is 15.3. The number of anilines is 2. The van der Waals surface area contributed by atoms with Crippen LogP contribution in [0, 0.1) is 11.7 Å². The van der Waals surface area contributed by atoms with Gasteiger partial charge in [-0.25, -0.2) is 22.5 Å². The lowest BCUT2D eigenvalue weighted by molar-refractivity contribution is -0.119. The van der Waals surface area contributed by atoms with E-state index in [1.54, 1.807) is 56.0 Å². The van der Waals surface area contributed by atoms with Gasteiger partial charge in [0.1, 0.15) is 23.5 Å². The molecule has 1 saturated carbocycles. The first-order chi connectivity index (χ1) is 20.6. The van der Waals surface area contributed by atoms with E-state index in [0.717, 1.165) is 24.1 Å². The van der Waals surface area contributed by atoms with Gasteiger partial charge < -0.3 is 20.3 Å². The normalized spacial score (nSPS) is 27.2. The summed E-state index contributed by atoms with van der Waals surface area (Å²) in [7, 11) is -2.14. The van der Waals surface area contributed by atoms with Crippen LogP contribution in [-0.4, -0.2) is 61.2 Å². The van der Waals surface area contributed by atoms with Crippen LogP contribution in [0.2, 0.25) is 5.02 Å². The molecule has 13 heteroatoms. The van der Waals surface area contributed by atoms with E-state index in [4.69, 9.17) is 16.3 Å². The Morgan fingerprint density at radius 2 is 1.95 bits per heavy atom. The molecule has 1 saturated heterocycles. The van der Waals surface area contributed by atoms with Gasteiger partial charge in [-0.3, -0.25) is 9.78 Å². The Labute approximate surface area is 254 Å². The molecular weight excluding hydrogens is 595 g/mol. The third-order valence-electron chi connectivity index (χ3n) is 8.38. The predicted molar refractivity (Wildman–Crippen MR) is 161 cm³/mol. The fourth-order valence-corrected chi connectivity index (χ4v) is 7.30. The molecule has 0 spiro atoms. The molecule has 2 unspecified atom stereocenters. The summed E-state index contributed by atoms with van der Waals surface area (Å²) in [5.41, 5.74) is 0.973. The number of hydrogen-bond acceptors (Lipinski definition) is 8. The highest BCUT2D eigenvalue weighted by molar-refractivity contribution is 7.88. The second kappa shape index (κ2) is 11.5. The number of fused-ring (bicyclic) bond motifs is 4. The molecular formula is C30H32ClFN6O4S. The number of benzene rings is 1. The number of nitrogens with zero attached hydrogens (tertiary/aromatic N) is 3. The molecule has 3 N–H and O–H groups in total. The van der Waals surface area contributed by atoms with Gasteiger partial charge in [0.15, 0.2) is 0 Å². The molecule has 6 rings (SSSR count). The Bertz CT molecular complexity index is 1670. The quantitative estimate of drug-likeness (QED) is 0.371. The summed E-state index contributed by atoms with van der Waals surface area (Å²) in [4.78, 5) is 24.4. The first-order valence-corrected chi connectivity index (χ1v) is 16.2. The maximum absolute atomic E-state index is 15.3. The van der Waals surface area contributed by atoms with Gasteiger partial charge in [0, 0.05) is 38.7 Å². The molecule has 2 bridgehead atoms. The molecule has 226 valence electrons. The number of methoxy groups -OCH3 is 1. The molecule has 10 nitrogen and oxygen atoms in total. The summed E-state index contributed by atoms with van der Waals surface area (Å²) in [5.74, 6) is 0.374. The number of hydrogen-bond donors (Lipinski definition) is 3. The molecule has 1 aliphatic carbocycles. The van der Waals surface area contributed by atoms with Crippen LogP contribution >= 0.6 is 11.6 Å². The minimum Gasteiger partial charge on any atom is -0.380 e. The van der Waals surface area contributed by atoms with E-state index >= 15 is 4.39 Å². The van der Waals surface area contributed by atoms with Crippen LogP contribution in [0.1, 0.15) is 36.8 Å². The van der Waals surface area contributed by atoms with Crippen molar-refractivity contribution in [1.82, 2.24) is 19.6 Å². The summed E-state index contributed by atoms with van der Waals surface area (Å²) in [5, 5.41) is 6.71. The number of allylic oxidation sites excluding steroid dienone is 1. The van der Waals surface area contributed by atoms with Gasteiger partial charge in [-0.1, -0.05) is 17.7 Å². The monoisotopic (exact) mass is 626 g/mol. The van der Waals surface area contributed by atoms with Gasteiger partial charge in [0.2, 0.25) is 15.9 Å². The average Bonchev–Trinajstić information content (AvgIpc) is 3.62. The van der Waals surface area contributed by atoms with E-state index in [1.807, 2.05) is 4.90 Å². The SMILES string of the molecule is CO[C@@H]1C[C@@H]2C(=O)Nc3cc(ccc3F)C(NS(C)(=O)=O)(c3ccncc3)CCC3C/C3=C(\Nc3ccc(Cl)cn3)N2C1. The molecule has 3 aliphatic rings. The maximum Gasteiger partial charge on any atom is 0.247 e. The van der Waals surface area contributed by atoms with E-state index in [9.17, 15) is 13.2 Å². The summed E-state index contributed by atoms with van der Waals surface area (Å²) < 4.78 is 49.5. The predicted octanol–water partition coefficient (Wildman–Crippen LogP) is 4.23. The zero-order valence-electron chi connectivity index (χ0n) is 23.7. The highest BCUT2D eigenvalue weighted by Crippen LogP contribution is 2.49. The number of pyridine rings is 2. The van der Waals surface area contributed by atoms with Crippen LogP contribution in [0.25, 0.3) is 0 Å². The Morgan fingerprint density at radius 1 is 1.16 bits per heavy atom. The summed E-state index contributed by atoms with van der Waals surface area (Å²) in [6.07, 6.45) is 7.75. The van der Waals surface area contributed by atoms with Crippen molar-refractivity contribution in [3.05, 3.63) is 94.4 Å². The molecule has 1 amide bonds. The molecule has 2 aromatic heterocycles. The van der Waals surface area contributed by atoms with Gasteiger partial charge in [0.25, 0.3) is 0 Å². The van der Waals surface area contributed by atoms with Crippen LogP contribution < -0.4 is 15.4 Å². The standard InChI is InChI=1S/C30H32ClFN6O4S/c1-42-22-15-26-29(39)35-25-14-20(3-5-24(25)32)30(37-43(2,40)41,19-8-11-33-12-9-19)10-7-18-13-23(18)28(38(26)17-22)36-27-6-4-21(31)16-34-27/h3-6,8-9,11-12,14,16,18,22,26,37H,7,10,13,15,17H2,1-2H3,(H,34,36)(H,35,39)/b28-23-/t18?,22-,26-,30?/m1/s1. The molecule has 3 aromatic rings. The topological polar surface area (TPSA) is 126 Å². The number of ether oxygens (including phenoxy) is 1. The second-order valence-corrected chi connectivity index (χ2v) is 13.4. The van der Waals surface area contributed by atoms with Gasteiger partial charge in [-0.15, -0.1) is 0 Å². The number of aromatic nitrogens is 2. The van der Waals surface area contributed by atoms with Crippen molar-refractivity contribution >= 4 is 39.0 Å². The highest BCUT2D eigenvalue weighted by Gasteiger charge is 2.46. The smallest absolute Gasteiger partial charge is 0.247 e. The molecule has 4 heterocycles. The Balaban J connectivity index is 1.50. The van der Waals surface area contributed by atoms with E-state index in [-0.39, 0.29) is 17.7 Å². The van der Waals surface area contributed by atoms with Gasteiger partial charge >= 0.3 is 0 Å². The van der Waals surface area contributed by atoms with Crippen molar-refractivity contribution in [2.75, 3.05) is 30.5 Å².